The number of benzene rings is 4. The molecule has 1 unspecified atom stereocenters. The van der Waals surface area contributed by atoms with E-state index in [0.29, 0.717) is 11.1 Å². The molecule has 0 aromatic heterocycles. The minimum absolute atomic E-state index is 0.0697. The lowest BCUT2D eigenvalue weighted by atomic mass is 9.92. The Bertz CT molecular complexity index is 3680. The summed E-state index contributed by atoms with van der Waals surface area (Å²) < 4.78 is 36.3. The fraction of sp³-hybridized carbons (Fsp3) is 0.500. The van der Waals surface area contributed by atoms with Gasteiger partial charge >= 0.3 is 5.96 Å². The molecule has 4 aromatic rings. The molecule has 25 atom stereocenters. The van der Waals surface area contributed by atoms with Crippen molar-refractivity contribution in [2.75, 3.05) is 46.1 Å². The van der Waals surface area contributed by atoms with Crippen LogP contribution in [0.1, 0.15) is 35.1 Å². The van der Waals surface area contributed by atoms with Crippen molar-refractivity contribution in [1.29, 1.82) is 0 Å². The van der Waals surface area contributed by atoms with Gasteiger partial charge in [-0.1, -0.05) is 110 Å². The highest BCUT2D eigenvalue weighted by molar-refractivity contribution is 5.98. The van der Waals surface area contributed by atoms with Crippen molar-refractivity contribution in [2.45, 2.75) is 166 Å². The van der Waals surface area contributed by atoms with E-state index in [4.69, 9.17) is 39.9 Å². The molecule has 6 aliphatic rings. The van der Waals surface area contributed by atoms with Gasteiger partial charge in [0.2, 0.25) is 48.0 Å². The van der Waals surface area contributed by atoms with Gasteiger partial charge < -0.3 is 138 Å². The number of hydrogen-bond acceptors (Lipinski definition) is 30. The van der Waals surface area contributed by atoms with Crippen LogP contribution in [0.3, 0.4) is 0 Å². The zero-order valence-corrected chi connectivity index (χ0v) is 56.4. The van der Waals surface area contributed by atoms with Crippen molar-refractivity contribution in [3.8, 4) is 5.75 Å². The molecule has 25 N–H and O–H groups in total. The van der Waals surface area contributed by atoms with E-state index in [1.54, 1.807) is 37.3 Å². The summed E-state index contributed by atoms with van der Waals surface area (Å²) in [5, 5.41) is 164. The van der Waals surface area contributed by atoms with E-state index in [0.717, 1.165) is 15.7 Å². The Kier molecular flexibility index (Phi) is 26.4. The Morgan fingerprint density at radius 2 is 1.12 bits per heavy atom. The Labute approximate surface area is 599 Å². The Morgan fingerprint density at radius 1 is 0.562 bits per heavy atom. The molecule has 37 nitrogen and oxygen atoms in total. The normalized spacial score (nSPS) is 33.9. The molecule has 10 rings (SSSR count). The molecule has 6 aliphatic heterocycles. The van der Waals surface area contributed by atoms with Crippen LogP contribution in [-0.2, 0) is 58.9 Å². The Balaban J connectivity index is 0.901. The summed E-state index contributed by atoms with van der Waals surface area (Å²) in [5.74, 6) is -8.85. The molecule has 4 aromatic carbocycles. The number of aliphatic hydroxyl groups excluding tert-OH is 13. The van der Waals surface area contributed by atoms with Crippen molar-refractivity contribution in [3.05, 3.63) is 144 Å². The van der Waals surface area contributed by atoms with Gasteiger partial charge in [-0.2, -0.15) is 0 Å². The number of hydrogen-bond donors (Lipinski definition) is 23. The molecule has 0 spiro atoms. The summed E-state index contributed by atoms with van der Waals surface area (Å²) in [4.78, 5) is 91.9. The summed E-state index contributed by atoms with van der Waals surface area (Å²) in [6.45, 7) is -3.33. The van der Waals surface area contributed by atoms with Gasteiger partial charge in [-0.25, -0.2) is 9.57 Å². The van der Waals surface area contributed by atoms with Crippen LogP contribution in [0, 0.1) is 0 Å². The van der Waals surface area contributed by atoms with Crippen molar-refractivity contribution in [3.63, 3.8) is 0 Å². The van der Waals surface area contributed by atoms with Crippen molar-refractivity contribution < 1.29 is 128 Å². The number of aliphatic imine (C=N–C) groups is 1. The molecule has 0 radical (unpaired) electrons. The average molecular weight is 1470 g/mol. The van der Waals surface area contributed by atoms with E-state index < -0.39 is 227 Å². The molecule has 4 fully saturated rings. The second-order valence-corrected chi connectivity index (χ2v) is 26.0. The van der Waals surface area contributed by atoms with Crippen molar-refractivity contribution in [2.24, 2.45) is 16.5 Å². The summed E-state index contributed by atoms with van der Waals surface area (Å²) in [5.41, 5.74) is 15.2. The van der Waals surface area contributed by atoms with Crippen molar-refractivity contribution in [1.82, 2.24) is 42.5 Å². The summed E-state index contributed by atoms with van der Waals surface area (Å²) in [6.07, 6.45) is -30.2. The van der Waals surface area contributed by atoms with E-state index in [1.165, 1.54) is 30.5 Å². The first-order valence-electron chi connectivity index (χ1n) is 33.8. The number of rotatable bonds is 21. The first kappa shape index (κ1) is 78.5. The summed E-state index contributed by atoms with van der Waals surface area (Å²) >= 11 is 0. The molecular formula is C68H89N12O25+. The van der Waals surface area contributed by atoms with Crippen molar-refractivity contribution >= 4 is 52.9 Å². The Morgan fingerprint density at radius 3 is 1.74 bits per heavy atom. The molecule has 6 heterocycles. The number of carbonyl (C=O) groups is 6. The van der Waals surface area contributed by atoms with E-state index in [-0.39, 0.29) is 36.4 Å². The molecule has 37 heteroatoms. The van der Waals surface area contributed by atoms with E-state index in [9.17, 15) is 85.6 Å². The second-order valence-electron chi connectivity index (χ2n) is 26.0. The quantitative estimate of drug-likeness (QED) is 0.0272. The maximum absolute atomic E-state index is 15.2. The van der Waals surface area contributed by atoms with Gasteiger partial charge in [0.25, 0.3) is 0 Å². The third-order valence-electron chi connectivity index (χ3n) is 19.0. The number of ether oxygens (including phenoxy) is 6. The summed E-state index contributed by atoms with van der Waals surface area (Å²) in [7, 11) is 0. The number of aliphatic hydroxyl groups is 13. The lowest BCUT2D eigenvalue weighted by Gasteiger charge is -2.46. The topological polar surface area (TPSA) is 584 Å². The van der Waals surface area contributed by atoms with Crippen LogP contribution < -0.4 is 58.7 Å². The number of guanidine groups is 2. The van der Waals surface area contributed by atoms with Gasteiger partial charge in [0, 0.05) is 24.5 Å². The molecule has 0 aliphatic carbocycles. The SMILES string of the molecule is C[C@H](c1ccccc1)[C@H]1NC(=O)CNC(=O)C(CO)NC(=O)[C@@H]([C@H](O)[C@@H]2CNC(N)=[N+]2[C@@H]2O[C@@H](CO)[C@H](O)[C@H](O)[C@@H]2O)NC(=O)[C@H]([C@H](O)[C@@H]2CNC(N)=N2)NC(=O)[C@@H](Cc2ccc(O[C@@H]3O[C@H](CO)[C@H](O[C@@H]4O[C@@H](COC=C(c5ccccc5)c5ccccc5)[C@H](O)[C@H](O)[C@@H]4O)[C@@H](O)[C@H]3O)cc2)NC1=O. The van der Waals surface area contributed by atoms with Crippen LogP contribution in [-0.4, -0.2) is 311 Å². The van der Waals surface area contributed by atoms with Crippen LogP contribution in [0.15, 0.2) is 127 Å². The molecule has 105 heavy (non-hydrogen) atoms. The Hall–Kier alpha value is -9.10. The number of amides is 6. The van der Waals surface area contributed by atoms with Gasteiger partial charge in [0.1, 0.15) is 141 Å². The monoisotopic (exact) mass is 1470 g/mol. The predicted octanol–water partition coefficient (Wildman–Crippen LogP) is -10.2. The van der Waals surface area contributed by atoms with Gasteiger partial charge in [-0.15, -0.1) is 0 Å². The number of carbonyl (C=O) groups excluding carboxylic acids is 6. The van der Waals surface area contributed by atoms with Gasteiger partial charge in [0.05, 0.1) is 38.7 Å². The molecule has 0 bridgehead atoms. The van der Waals surface area contributed by atoms with Gasteiger partial charge in [-0.3, -0.25) is 39.8 Å². The minimum atomic E-state index is -2.34. The molecule has 0 saturated carbocycles. The van der Waals surface area contributed by atoms with E-state index in [1.807, 2.05) is 60.7 Å². The standard InChI is InChI=1S/C68H88N12O25/c1-30(32-11-5-2-6-12-32)45-61(97)74-37(21-31-17-19-35(20-18-31)101-65-57(94)54(91)58(42(27-83)103-65)105-66-56(93)53(90)51(88)43(104-66)29-100-28-36(33-13-7-3-8-14-33)34-15-9-4-10-16-34)60(96)78-46(48(85)38-22-72-67(69)76-38)63(99)79-47(62(98)75-39(25-81)59(95)71-24-44(84)77-45)49(86)40-23-73-68(70)80(40)64-55(92)52(89)50(87)41(26-82)102-64/h2-20,28,30,37-43,45-58,64-66,81-83,85-94H,21-27,29H2,1H3,(H11,69,70,71,72,73,74,75,76,77,78,79,84,95,96,97,98,99)/p+1/t30-,37-,38+,39?,40+,41+,42-,43+,45-,46+,47-,48-,49-,50+,51+,52+,53+,54+,55+,56+,57-,58+,64-,65-,66+/m1/s1. The average Bonchev–Trinajstić information content (AvgIpc) is 1.39. The van der Waals surface area contributed by atoms with Crippen LogP contribution in [0.4, 0.5) is 0 Å². The predicted molar refractivity (Wildman–Crippen MR) is 361 cm³/mol. The molecular weight excluding hydrogens is 1380 g/mol. The fourth-order valence-electron chi connectivity index (χ4n) is 13.0. The maximum Gasteiger partial charge on any atom is 0.346 e. The lowest BCUT2D eigenvalue weighted by molar-refractivity contribution is -0.663. The van der Waals surface area contributed by atoms with Crippen LogP contribution in [0.2, 0.25) is 0 Å². The molecule has 4 saturated heterocycles. The third-order valence-corrected chi connectivity index (χ3v) is 19.0. The first-order chi connectivity index (χ1) is 50.3. The van der Waals surface area contributed by atoms with Gasteiger partial charge in [-0.05, 0) is 34.4 Å². The minimum Gasteiger partial charge on any atom is -0.498 e. The zero-order chi connectivity index (χ0) is 75.5. The molecule has 6 amide bonds. The molecule has 570 valence electrons. The lowest BCUT2D eigenvalue weighted by Crippen LogP contribution is -2.68. The van der Waals surface area contributed by atoms with Crippen LogP contribution in [0.25, 0.3) is 5.57 Å². The van der Waals surface area contributed by atoms with Crippen LogP contribution >= 0.6 is 0 Å². The summed E-state index contributed by atoms with van der Waals surface area (Å²) in [6, 6.07) is 19.4. The van der Waals surface area contributed by atoms with Gasteiger partial charge in [0.15, 0.2) is 12.2 Å². The number of nitrogens with zero attached hydrogens (tertiary/aromatic N) is 2. The maximum atomic E-state index is 15.2. The fourth-order valence-corrected chi connectivity index (χ4v) is 13.0. The highest BCUT2D eigenvalue weighted by atomic mass is 16.7. The zero-order valence-electron chi connectivity index (χ0n) is 56.4. The smallest absolute Gasteiger partial charge is 0.346 e. The largest absolute Gasteiger partial charge is 0.498 e. The van der Waals surface area contributed by atoms with E-state index >= 15 is 9.59 Å². The third kappa shape index (κ3) is 18.2. The highest BCUT2D eigenvalue weighted by Crippen LogP contribution is 2.33. The second kappa shape index (κ2) is 35.3. The highest BCUT2D eigenvalue weighted by Gasteiger charge is 2.55. The van der Waals surface area contributed by atoms with Crippen LogP contribution in [0.5, 0.6) is 5.75 Å². The first-order valence-corrected chi connectivity index (χ1v) is 33.8. The number of nitrogens with one attached hydrogen (secondary N) is 8. The number of nitrogens with two attached hydrogens (primary N) is 2. The van der Waals surface area contributed by atoms with E-state index in [2.05, 4.69) is 47.5 Å².